The second kappa shape index (κ2) is 12.5. The van der Waals surface area contributed by atoms with Crippen molar-refractivity contribution in [3.05, 3.63) is 66.2 Å². The lowest BCUT2D eigenvalue weighted by Gasteiger charge is -2.26. The van der Waals surface area contributed by atoms with Gasteiger partial charge in [-0.3, -0.25) is 15.3 Å². The van der Waals surface area contributed by atoms with Crippen molar-refractivity contribution in [3.63, 3.8) is 0 Å². The van der Waals surface area contributed by atoms with Gasteiger partial charge >= 0.3 is 6.03 Å². The van der Waals surface area contributed by atoms with Crippen molar-refractivity contribution in [1.29, 1.82) is 0 Å². The Morgan fingerprint density at radius 3 is 2.51 bits per heavy atom. The third-order valence-electron chi connectivity index (χ3n) is 6.73. The molecule has 5 rings (SSSR count). The van der Waals surface area contributed by atoms with E-state index in [4.69, 9.17) is 14.0 Å². The third-order valence-corrected chi connectivity index (χ3v) is 6.73. The smallest absolute Gasteiger partial charge is 0.324 e. The van der Waals surface area contributed by atoms with Gasteiger partial charge in [-0.05, 0) is 42.8 Å². The first-order chi connectivity index (χ1) is 19.7. The van der Waals surface area contributed by atoms with Crippen molar-refractivity contribution < 1.29 is 23.2 Å². The number of amides is 2. The number of morpholine rings is 1. The minimum absolute atomic E-state index is 0.208. The van der Waals surface area contributed by atoms with Gasteiger partial charge in [0.1, 0.15) is 5.76 Å². The van der Waals surface area contributed by atoms with Crippen LogP contribution in [0.2, 0.25) is 0 Å². The Morgan fingerprint density at radius 2 is 1.80 bits per heavy atom. The molecule has 11 heteroatoms. The second-order valence-electron chi connectivity index (χ2n) is 11.0. The molecule has 1 aliphatic heterocycles. The molecule has 1 saturated heterocycles. The molecule has 1 fully saturated rings. The Labute approximate surface area is 238 Å². The van der Waals surface area contributed by atoms with Gasteiger partial charge in [0.25, 0.3) is 0 Å². The molecule has 0 saturated carbocycles. The summed E-state index contributed by atoms with van der Waals surface area (Å²) in [4.78, 5) is 14.7. The fourth-order valence-corrected chi connectivity index (χ4v) is 4.39. The first-order valence-electron chi connectivity index (χ1n) is 13.7. The van der Waals surface area contributed by atoms with E-state index in [2.05, 4.69) is 30.9 Å². The van der Waals surface area contributed by atoms with Crippen molar-refractivity contribution in [2.75, 3.05) is 50.1 Å². The highest BCUT2D eigenvalue weighted by atomic mass is 19.1. The lowest BCUT2D eigenvalue weighted by atomic mass is 9.93. The molecule has 0 spiro atoms. The van der Waals surface area contributed by atoms with Gasteiger partial charge in [0.15, 0.2) is 17.4 Å². The summed E-state index contributed by atoms with van der Waals surface area (Å²) in [5, 5.41) is 16.7. The number of hydrogen-bond acceptors (Lipinski definition) is 7. The topological polar surface area (TPSA) is 118 Å². The number of benzene rings is 2. The number of carbonyl (C=O) groups excluding carboxylic acids is 1. The molecule has 216 valence electrons. The van der Waals surface area contributed by atoms with Crippen LogP contribution in [0.5, 0.6) is 5.75 Å². The maximum Gasteiger partial charge on any atom is 0.324 e. The number of carbonyl (C=O) groups is 1. The average Bonchev–Trinajstić information content (AvgIpc) is 3.63. The molecule has 2 aromatic heterocycles. The lowest BCUT2D eigenvalue weighted by Crippen LogP contribution is -2.37. The van der Waals surface area contributed by atoms with Gasteiger partial charge in [-0.2, -0.15) is 5.10 Å². The van der Waals surface area contributed by atoms with Crippen LogP contribution >= 0.6 is 0 Å². The minimum Gasteiger partial charge on any atom is -0.490 e. The van der Waals surface area contributed by atoms with Crippen LogP contribution in [-0.4, -0.2) is 65.7 Å². The highest BCUT2D eigenvalue weighted by molar-refractivity contribution is 5.99. The summed E-state index contributed by atoms with van der Waals surface area (Å²) in [5.41, 5.74) is 3.27. The van der Waals surface area contributed by atoms with Crippen molar-refractivity contribution in [2.45, 2.75) is 32.6 Å². The zero-order valence-corrected chi connectivity index (χ0v) is 23.5. The van der Waals surface area contributed by atoms with Crippen molar-refractivity contribution >= 4 is 17.5 Å². The number of nitrogens with zero attached hydrogens (tertiary/aromatic N) is 3. The molecular weight excluding hydrogens is 527 g/mol. The Bertz CT molecular complexity index is 1450. The Balaban J connectivity index is 1.13. The quantitative estimate of drug-likeness (QED) is 0.217. The normalized spacial score (nSPS) is 14.1. The molecule has 4 aromatic rings. The summed E-state index contributed by atoms with van der Waals surface area (Å²) in [6, 6.07) is 15.3. The summed E-state index contributed by atoms with van der Waals surface area (Å²) in [6.45, 7) is 10.7. The van der Waals surface area contributed by atoms with Crippen LogP contribution < -0.4 is 15.4 Å². The summed E-state index contributed by atoms with van der Waals surface area (Å²) in [6.07, 6.45) is 0.823. The number of halogens is 1. The summed E-state index contributed by atoms with van der Waals surface area (Å²) < 4.78 is 31.1. The van der Waals surface area contributed by atoms with E-state index in [0.717, 1.165) is 44.8 Å². The molecule has 3 N–H and O–H groups in total. The van der Waals surface area contributed by atoms with E-state index in [1.165, 1.54) is 6.07 Å². The highest BCUT2D eigenvalue weighted by Crippen LogP contribution is 2.28. The van der Waals surface area contributed by atoms with Gasteiger partial charge < -0.3 is 19.3 Å². The molecule has 10 nitrogen and oxygen atoms in total. The molecule has 0 aliphatic carbocycles. The Morgan fingerprint density at radius 1 is 1.05 bits per heavy atom. The van der Waals surface area contributed by atoms with Crippen molar-refractivity contribution in [1.82, 2.24) is 20.3 Å². The highest BCUT2D eigenvalue weighted by Gasteiger charge is 2.20. The molecule has 41 heavy (non-hydrogen) atoms. The number of nitrogens with one attached hydrogen (secondary N) is 3. The zero-order chi connectivity index (χ0) is 28.8. The SMILES string of the molecule is CC(C)(C)c1cc(NC(=O)Nc2ccc(-c3cc(-c4ccc(OCCCN5CCOCC5)c(F)c4)[nH]n3)cc2)no1. The summed E-state index contributed by atoms with van der Waals surface area (Å²) in [5.74, 6) is 0.838. The van der Waals surface area contributed by atoms with Crippen LogP contribution in [0.1, 0.15) is 33.0 Å². The molecule has 1 aliphatic rings. The largest absolute Gasteiger partial charge is 0.490 e. The molecule has 2 amide bonds. The third kappa shape index (κ3) is 7.50. The predicted octanol–water partition coefficient (Wildman–Crippen LogP) is 5.91. The molecule has 3 heterocycles. The van der Waals surface area contributed by atoms with Gasteiger partial charge in [0, 0.05) is 47.9 Å². The number of aromatic amines is 1. The van der Waals surface area contributed by atoms with Gasteiger partial charge in [0.2, 0.25) is 0 Å². The maximum atomic E-state index is 14.8. The number of aromatic nitrogens is 3. The lowest BCUT2D eigenvalue weighted by molar-refractivity contribution is 0.0357. The zero-order valence-electron chi connectivity index (χ0n) is 23.5. The van der Waals surface area contributed by atoms with Gasteiger partial charge in [-0.25, -0.2) is 9.18 Å². The van der Waals surface area contributed by atoms with Crippen LogP contribution in [-0.2, 0) is 10.2 Å². The standard InChI is InChI=1S/C30H35FN6O4/c1-30(2,3)27-19-28(36-41-27)33-29(38)32-22-8-5-20(6-9-22)24-18-25(35-34-24)21-7-10-26(23(31)17-21)40-14-4-11-37-12-15-39-16-13-37/h5-10,17-19H,4,11-16H2,1-3H3,(H,34,35)(H2,32,33,36,38). The molecule has 0 unspecified atom stereocenters. The summed E-state index contributed by atoms with van der Waals surface area (Å²) >= 11 is 0. The number of ether oxygens (including phenoxy) is 2. The van der Waals surface area contributed by atoms with Crippen LogP contribution in [0, 0.1) is 5.82 Å². The summed E-state index contributed by atoms with van der Waals surface area (Å²) in [7, 11) is 0. The van der Waals surface area contributed by atoms with E-state index in [-0.39, 0.29) is 11.2 Å². The van der Waals surface area contributed by atoms with Crippen molar-refractivity contribution in [3.8, 4) is 28.3 Å². The van der Waals surface area contributed by atoms with Gasteiger partial charge in [0.05, 0.1) is 31.2 Å². The van der Waals surface area contributed by atoms with E-state index in [0.29, 0.717) is 40.8 Å². The van der Waals surface area contributed by atoms with Crippen LogP contribution in [0.4, 0.5) is 20.7 Å². The first-order valence-corrected chi connectivity index (χ1v) is 13.7. The molecule has 0 atom stereocenters. The number of rotatable bonds is 9. The van der Waals surface area contributed by atoms with E-state index < -0.39 is 11.8 Å². The fourth-order valence-electron chi connectivity index (χ4n) is 4.39. The number of urea groups is 1. The predicted molar refractivity (Wildman–Crippen MR) is 155 cm³/mol. The van der Waals surface area contributed by atoms with Crippen LogP contribution in [0.3, 0.4) is 0 Å². The van der Waals surface area contributed by atoms with Crippen LogP contribution in [0.25, 0.3) is 22.5 Å². The Hall–Kier alpha value is -4.22. The number of anilines is 2. The van der Waals surface area contributed by atoms with Gasteiger partial charge in [-0.1, -0.05) is 38.1 Å². The van der Waals surface area contributed by atoms with E-state index in [1.807, 2.05) is 45.0 Å². The molecule has 0 radical (unpaired) electrons. The van der Waals surface area contributed by atoms with E-state index in [1.54, 1.807) is 24.3 Å². The first kappa shape index (κ1) is 28.3. The second-order valence-corrected chi connectivity index (χ2v) is 11.0. The average molecular weight is 563 g/mol. The molecular formula is C30H35FN6O4. The maximum absolute atomic E-state index is 14.8. The van der Waals surface area contributed by atoms with Crippen LogP contribution in [0.15, 0.2) is 59.1 Å². The number of hydrogen-bond donors (Lipinski definition) is 3. The monoisotopic (exact) mass is 562 g/mol. The van der Waals surface area contributed by atoms with E-state index >= 15 is 0 Å². The number of H-pyrrole nitrogens is 1. The van der Waals surface area contributed by atoms with Gasteiger partial charge in [-0.15, -0.1) is 0 Å². The fraction of sp³-hybridized carbons (Fsp3) is 0.367. The Kier molecular flexibility index (Phi) is 8.65. The van der Waals surface area contributed by atoms with Crippen molar-refractivity contribution in [2.24, 2.45) is 0 Å². The molecule has 0 bridgehead atoms. The molecule has 2 aromatic carbocycles. The minimum atomic E-state index is -0.430. The van der Waals surface area contributed by atoms with E-state index in [9.17, 15) is 9.18 Å².